The maximum absolute atomic E-state index is 12.6. The van der Waals surface area contributed by atoms with E-state index in [2.05, 4.69) is 15.0 Å². The highest BCUT2D eigenvalue weighted by Gasteiger charge is 2.42. The van der Waals surface area contributed by atoms with Gasteiger partial charge in [0.25, 0.3) is 0 Å². The molecular weight excluding hydrogens is 303 g/mol. The van der Waals surface area contributed by atoms with Crippen molar-refractivity contribution in [3.63, 3.8) is 0 Å². The lowest BCUT2D eigenvalue weighted by Gasteiger charge is -2.27. The third-order valence-corrected chi connectivity index (χ3v) is 4.01. The summed E-state index contributed by atoms with van der Waals surface area (Å²) in [5.74, 6) is 0. The molecule has 0 amide bonds. The predicted octanol–water partition coefficient (Wildman–Crippen LogP) is 1.69. The molecule has 0 spiro atoms. The Bertz CT molecular complexity index is 664. The molecule has 0 aromatic heterocycles. The zero-order valence-electron chi connectivity index (χ0n) is 10.5. The molecule has 2 aliphatic rings. The largest absolute Gasteiger partial charge is 0.416 e. The summed E-state index contributed by atoms with van der Waals surface area (Å²) in [7, 11) is 0. The van der Waals surface area contributed by atoms with Gasteiger partial charge in [0.05, 0.1) is 5.56 Å². The first-order valence-electron chi connectivity index (χ1n) is 5.90. The zero-order chi connectivity index (χ0) is 15.3. The molecule has 5 nitrogen and oxygen atoms in total. The molecule has 9 heteroatoms. The van der Waals surface area contributed by atoms with E-state index in [0.717, 1.165) is 12.1 Å². The first-order valence-corrected chi connectivity index (χ1v) is 6.78. The van der Waals surface area contributed by atoms with Gasteiger partial charge >= 0.3 is 6.18 Å². The number of halogens is 3. The van der Waals surface area contributed by atoms with E-state index < -0.39 is 22.9 Å². The van der Waals surface area contributed by atoms with Crippen molar-refractivity contribution >= 4 is 28.9 Å². The Kier molecular flexibility index (Phi) is 3.15. The molecule has 2 unspecified atom stereocenters. The Hall–Kier alpha value is -1.71. The number of rotatable bonds is 1. The Morgan fingerprint density at radius 1 is 1.19 bits per heavy atom. The molecule has 0 fully saturated rings. The Balaban J connectivity index is 2.02. The molecule has 21 heavy (non-hydrogen) atoms. The van der Waals surface area contributed by atoms with Crippen molar-refractivity contribution in [3.05, 3.63) is 35.4 Å². The van der Waals surface area contributed by atoms with Gasteiger partial charge in [-0.2, -0.15) is 13.2 Å². The van der Waals surface area contributed by atoms with Gasteiger partial charge in [0, 0.05) is 5.56 Å². The van der Waals surface area contributed by atoms with Crippen molar-refractivity contribution in [1.82, 2.24) is 0 Å². The minimum absolute atomic E-state index is 0.377. The summed E-state index contributed by atoms with van der Waals surface area (Å²) < 4.78 is 37.8. The zero-order valence-corrected chi connectivity index (χ0v) is 11.3. The van der Waals surface area contributed by atoms with Gasteiger partial charge in [-0.05, 0) is 12.1 Å². The normalized spacial score (nSPS) is 28.1. The average Bonchev–Trinajstić information content (AvgIpc) is 2.80. The highest BCUT2D eigenvalue weighted by Crippen LogP contribution is 2.35. The number of thioether (sulfide) groups is 1. The molecular formula is C12H10F3N5S. The number of nitrogens with zero attached hydrogens (tertiary/aromatic N) is 3. The van der Waals surface area contributed by atoms with Crippen molar-refractivity contribution in [2.45, 2.75) is 17.3 Å². The van der Waals surface area contributed by atoms with Crippen molar-refractivity contribution in [2.24, 2.45) is 26.4 Å². The second-order valence-electron chi connectivity index (χ2n) is 4.51. The minimum atomic E-state index is -4.40. The quantitative estimate of drug-likeness (QED) is 0.827. The summed E-state index contributed by atoms with van der Waals surface area (Å²) >= 11 is 1.23. The molecule has 1 aromatic rings. The van der Waals surface area contributed by atoms with Crippen LogP contribution in [0, 0.1) is 0 Å². The van der Waals surface area contributed by atoms with Crippen LogP contribution in [0.2, 0.25) is 0 Å². The molecule has 2 atom stereocenters. The van der Waals surface area contributed by atoms with E-state index >= 15 is 0 Å². The van der Waals surface area contributed by atoms with Gasteiger partial charge < -0.3 is 5.73 Å². The number of alkyl halides is 3. The summed E-state index contributed by atoms with van der Waals surface area (Å²) in [4.78, 5) is 12.3. The molecule has 2 heterocycles. The lowest BCUT2D eigenvalue weighted by molar-refractivity contribution is -0.137. The van der Waals surface area contributed by atoms with Gasteiger partial charge in [-0.1, -0.05) is 23.9 Å². The van der Waals surface area contributed by atoms with Gasteiger partial charge in [0.2, 0.25) is 0 Å². The van der Waals surface area contributed by atoms with E-state index in [1.165, 1.54) is 30.2 Å². The third-order valence-electron chi connectivity index (χ3n) is 3.14. The smallest absolute Gasteiger partial charge is 0.301 e. The summed E-state index contributed by atoms with van der Waals surface area (Å²) in [5.41, 5.74) is 10.1. The van der Waals surface area contributed by atoms with Crippen LogP contribution in [0.25, 0.3) is 0 Å². The molecule has 0 saturated carbocycles. The van der Waals surface area contributed by atoms with Gasteiger partial charge in [0.1, 0.15) is 17.1 Å². The van der Waals surface area contributed by atoms with E-state index in [1.54, 1.807) is 0 Å². The van der Waals surface area contributed by atoms with Gasteiger partial charge in [0.15, 0.2) is 11.2 Å². The second kappa shape index (κ2) is 4.65. The van der Waals surface area contributed by atoms with E-state index in [4.69, 9.17) is 11.5 Å². The van der Waals surface area contributed by atoms with Gasteiger partial charge in [-0.3, -0.25) is 10.7 Å². The van der Waals surface area contributed by atoms with Crippen LogP contribution >= 0.6 is 11.8 Å². The lowest BCUT2D eigenvalue weighted by atomic mass is 9.94. The third kappa shape index (κ3) is 2.37. The number of hydrogen-bond donors (Lipinski definition) is 2. The molecule has 0 radical (unpaired) electrons. The van der Waals surface area contributed by atoms with Crippen molar-refractivity contribution in [3.8, 4) is 0 Å². The molecule has 4 N–H and O–H groups in total. The molecule has 1 aromatic carbocycles. The van der Waals surface area contributed by atoms with Crippen LogP contribution in [0.5, 0.6) is 0 Å². The topological polar surface area (TPSA) is 89.1 Å². The van der Waals surface area contributed by atoms with E-state index in [9.17, 15) is 13.2 Å². The first-order chi connectivity index (χ1) is 9.80. The fourth-order valence-electron chi connectivity index (χ4n) is 2.09. The fraction of sp³-hybridized carbons (Fsp3) is 0.250. The highest BCUT2D eigenvalue weighted by molar-refractivity contribution is 8.16. The standard InChI is InChI=1S/C12H10F3N5S/c13-12(14,15)7-3-1-6(2-4-7)11(17)8-9(18-5-19-11)21-10(16)20-8/h1-5,10H,16-17H2. The Labute approximate surface area is 122 Å². The SMILES string of the molecule is NC1N=C2C(=NC=NC2(N)c2ccc(C(F)(F)F)cc2)S1. The number of fused-ring (bicyclic) bond motifs is 1. The van der Waals surface area contributed by atoms with E-state index in [0.29, 0.717) is 16.3 Å². The minimum Gasteiger partial charge on any atom is -0.301 e. The molecule has 2 aliphatic heterocycles. The van der Waals surface area contributed by atoms with Gasteiger partial charge in [-0.25, -0.2) is 9.98 Å². The number of nitrogens with two attached hydrogens (primary N) is 2. The highest BCUT2D eigenvalue weighted by atomic mass is 32.2. The van der Waals surface area contributed by atoms with Crippen LogP contribution in [0.3, 0.4) is 0 Å². The Morgan fingerprint density at radius 3 is 2.48 bits per heavy atom. The Morgan fingerprint density at radius 2 is 1.86 bits per heavy atom. The molecule has 0 saturated heterocycles. The average molecular weight is 313 g/mol. The molecule has 0 bridgehead atoms. The van der Waals surface area contributed by atoms with E-state index in [-0.39, 0.29) is 0 Å². The summed E-state index contributed by atoms with van der Waals surface area (Å²) in [6, 6.07) is 4.52. The fourth-order valence-corrected chi connectivity index (χ4v) is 2.90. The summed E-state index contributed by atoms with van der Waals surface area (Å²) in [5, 5.41) is 0.542. The lowest BCUT2D eigenvalue weighted by Crippen LogP contribution is -2.47. The molecule has 110 valence electrons. The predicted molar refractivity (Wildman–Crippen MR) is 76.2 cm³/mol. The number of aliphatic imine (C=N–C) groups is 3. The summed E-state index contributed by atoms with van der Waals surface area (Å²) in [6.45, 7) is 0. The van der Waals surface area contributed by atoms with Gasteiger partial charge in [-0.15, -0.1) is 0 Å². The number of benzene rings is 1. The second-order valence-corrected chi connectivity index (χ2v) is 5.61. The monoisotopic (exact) mass is 313 g/mol. The number of hydrogen-bond acceptors (Lipinski definition) is 6. The van der Waals surface area contributed by atoms with Crippen molar-refractivity contribution in [2.75, 3.05) is 0 Å². The summed E-state index contributed by atoms with van der Waals surface area (Å²) in [6.07, 6.45) is -3.12. The van der Waals surface area contributed by atoms with Crippen molar-refractivity contribution < 1.29 is 13.2 Å². The van der Waals surface area contributed by atoms with Crippen LogP contribution in [0.1, 0.15) is 11.1 Å². The van der Waals surface area contributed by atoms with Crippen LogP contribution in [0.15, 0.2) is 39.2 Å². The van der Waals surface area contributed by atoms with Crippen LogP contribution in [0.4, 0.5) is 13.2 Å². The van der Waals surface area contributed by atoms with E-state index in [1.807, 2.05) is 0 Å². The van der Waals surface area contributed by atoms with Crippen molar-refractivity contribution in [1.29, 1.82) is 0 Å². The maximum Gasteiger partial charge on any atom is 0.416 e. The van der Waals surface area contributed by atoms with Crippen LogP contribution in [-0.4, -0.2) is 22.6 Å². The van der Waals surface area contributed by atoms with Crippen LogP contribution < -0.4 is 11.5 Å². The first kappa shape index (κ1) is 14.2. The van der Waals surface area contributed by atoms with Crippen LogP contribution in [-0.2, 0) is 11.8 Å². The molecule has 0 aliphatic carbocycles. The maximum atomic E-state index is 12.6. The molecule has 3 rings (SSSR count).